The molecule has 0 saturated heterocycles. The van der Waals surface area contributed by atoms with Gasteiger partial charge >= 0.3 is 6.09 Å². The van der Waals surface area contributed by atoms with E-state index in [1.165, 1.54) is 0 Å². The number of anilines is 2. The van der Waals surface area contributed by atoms with Crippen molar-refractivity contribution in [2.24, 2.45) is 0 Å². The van der Waals surface area contributed by atoms with Crippen LogP contribution in [0.2, 0.25) is 0 Å². The molecule has 0 aliphatic carbocycles. The second-order valence-corrected chi connectivity index (χ2v) is 6.96. The maximum absolute atomic E-state index is 11.9. The zero-order valence-corrected chi connectivity index (χ0v) is 16.0. The van der Waals surface area contributed by atoms with E-state index in [1.54, 1.807) is 45.0 Å². The lowest BCUT2D eigenvalue weighted by Crippen LogP contribution is -2.34. The Kier molecular flexibility index (Phi) is 8.61. The summed E-state index contributed by atoms with van der Waals surface area (Å²) in [7, 11) is 0. The molecule has 0 unspecified atom stereocenters. The van der Waals surface area contributed by atoms with Gasteiger partial charge in [0.2, 0.25) is 11.8 Å². The first kappa shape index (κ1) is 21.5. The number of hydrogen-bond donors (Lipinski definition) is 3. The molecule has 0 aromatic heterocycles. The Morgan fingerprint density at radius 1 is 0.923 bits per heavy atom. The third-order valence-electron chi connectivity index (χ3n) is 3.23. The summed E-state index contributed by atoms with van der Waals surface area (Å²) in [5.74, 6) is -0.238. The van der Waals surface area contributed by atoms with E-state index in [1.807, 2.05) is 6.92 Å². The van der Waals surface area contributed by atoms with Crippen molar-refractivity contribution in [3.05, 3.63) is 24.3 Å². The lowest BCUT2D eigenvalue weighted by Gasteiger charge is -2.19. The first-order valence-corrected chi connectivity index (χ1v) is 8.86. The molecular weight excluding hydrogens is 334 g/mol. The number of benzene rings is 1. The molecule has 0 spiro atoms. The maximum atomic E-state index is 11.9. The zero-order chi connectivity index (χ0) is 19.6. The van der Waals surface area contributed by atoms with Crippen LogP contribution in [-0.2, 0) is 14.3 Å². The van der Waals surface area contributed by atoms with E-state index in [4.69, 9.17) is 4.74 Å². The quantitative estimate of drug-likeness (QED) is 0.656. The molecule has 0 bridgehead atoms. The number of carbonyl (C=O) groups excluding carboxylic acids is 3. The predicted octanol–water partition coefficient (Wildman–Crippen LogP) is 3.67. The lowest BCUT2D eigenvalue weighted by molar-refractivity contribution is -0.117. The fourth-order valence-corrected chi connectivity index (χ4v) is 2.01. The van der Waals surface area contributed by atoms with Gasteiger partial charge in [-0.25, -0.2) is 4.79 Å². The molecule has 1 rings (SSSR count). The third-order valence-corrected chi connectivity index (χ3v) is 3.23. The molecule has 3 N–H and O–H groups in total. The molecule has 1 aromatic carbocycles. The van der Waals surface area contributed by atoms with E-state index in [9.17, 15) is 14.4 Å². The molecule has 0 atom stereocenters. The van der Waals surface area contributed by atoms with Crippen LogP contribution in [-0.4, -0.2) is 30.1 Å². The molecule has 0 aliphatic rings. The Morgan fingerprint density at radius 3 is 1.88 bits per heavy atom. The number of unbranched alkanes of at least 4 members (excludes halogenated alkanes) is 1. The SMILES string of the molecule is CCCCC(=O)Nc1ccc(NC(=O)CCNC(=O)OC(C)(C)C)cc1. The molecule has 0 saturated carbocycles. The number of nitrogens with one attached hydrogen (secondary N) is 3. The second kappa shape index (κ2) is 10.4. The number of rotatable bonds is 8. The molecule has 144 valence electrons. The monoisotopic (exact) mass is 363 g/mol. The molecule has 7 heteroatoms. The van der Waals surface area contributed by atoms with Crippen molar-refractivity contribution in [1.82, 2.24) is 5.32 Å². The fraction of sp³-hybridized carbons (Fsp3) is 0.526. The van der Waals surface area contributed by atoms with Gasteiger partial charge in [-0.15, -0.1) is 0 Å². The van der Waals surface area contributed by atoms with Crippen molar-refractivity contribution in [3.63, 3.8) is 0 Å². The molecule has 26 heavy (non-hydrogen) atoms. The largest absolute Gasteiger partial charge is 0.444 e. The highest BCUT2D eigenvalue weighted by Crippen LogP contribution is 2.14. The van der Waals surface area contributed by atoms with Crippen molar-refractivity contribution in [2.45, 2.75) is 59.0 Å². The molecule has 7 nitrogen and oxygen atoms in total. The molecule has 0 heterocycles. The fourth-order valence-electron chi connectivity index (χ4n) is 2.01. The third kappa shape index (κ3) is 9.66. The summed E-state index contributed by atoms with van der Waals surface area (Å²) in [6, 6.07) is 6.90. The number of hydrogen-bond acceptors (Lipinski definition) is 4. The summed E-state index contributed by atoms with van der Waals surface area (Å²) in [4.78, 5) is 35.0. The van der Waals surface area contributed by atoms with Gasteiger partial charge in [-0.3, -0.25) is 9.59 Å². The van der Waals surface area contributed by atoms with Gasteiger partial charge in [0.25, 0.3) is 0 Å². The van der Waals surface area contributed by atoms with E-state index in [0.717, 1.165) is 12.8 Å². The van der Waals surface area contributed by atoms with Gasteiger partial charge < -0.3 is 20.7 Å². The van der Waals surface area contributed by atoms with Crippen LogP contribution >= 0.6 is 0 Å². The number of alkyl carbamates (subject to hydrolysis) is 1. The van der Waals surface area contributed by atoms with Crippen molar-refractivity contribution in [2.75, 3.05) is 17.2 Å². The minimum atomic E-state index is -0.569. The first-order chi connectivity index (χ1) is 12.2. The molecule has 3 amide bonds. The van der Waals surface area contributed by atoms with E-state index >= 15 is 0 Å². The number of carbonyl (C=O) groups is 3. The number of ether oxygens (including phenoxy) is 1. The minimum Gasteiger partial charge on any atom is -0.444 e. The van der Waals surface area contributed by atoms with Crippen LogP contribution in [0.4, 0.5) is 16.2 Å². The zero-order valence-electron chi connectivity index (χ0n) is 16.0. The Morgan fingerprint density at radius 2 is 1.42 bits per heavy atom. The lowest BCUT2D eigenvalue weighted by atomic mass is 10.2. The first-order valence-electron chi connectivity index (χ1n) is 8.86. The van der Waals surface area contributed by atoms with Crippen molar-refractivity contribution >= 4 is 29.3 Å². The smallest absolute Gasteiger partial charge is 0.407 e. The van der Waals surface area contributed by atoms with Gasteiger partial charge in [-0.1, -0.05) is 13.3 Å². The molecule has 0 fully saturated rings. The minimum absolute atomic E-state index is 0.0168. The summed E-state index contributed by atoms with van der Waals surface area (Å²) in [5, 5.41) is 8.08. The summed E-state index contributed by atoms with van der Waals surface area (Å²) in [6.45, 7) is 7.54. The highest BCUT2D eigenvalue weighted by molar-refractivity contribution is 5.93. The van der Waals surface area contributed by atoms with E-state index in [-0.39, 0.29) is 24.8 Å². The van der Waals surface area contributed by atoms with Gasteiger partial charge in [0.15, 0.2) is 0 Å². The van der Waals surface area contributed by atoms with Crippen LogP contribution in [0, 0.1) is 0 Å². The van der Waals surface area contributed by atoms with Gasteiger partial charge in [-0.2, -0.15) is 0 Å². The van der Waals surface area contributed by atoms with Gasteiger partial charge in [-0.05, 0) is 51.5 Å². The van der Waals surface area contributed by atoms with Gasteiger partial charge in [0.1, 0.15) is 5.60 Å². The Labute approximate surface area is 154 Å². The van der Waals surface area contributed by atoms with Crippen LogP contribution in [0.5, 0.6) is 0 Å². The predicted molar refractivity (Wildman–Crippen MR) is 102 cm³/mol. The molecular formula is C19H29N3O4. The van der Waals surface area contributed by atoms with Crippen LogP contribution in [0.25, 0.3) is 0 Å². The maximum Gasteiger partial charge on any atom is 0.407 e. The van der Waals surface area contributed by atoms with Crippen molar-refractivity contribution < 1.29 is 19.1 Å². The van der Waals surface area contributed by atoms with Crippen molar-refractivity contribution in [3.8, 4) is 0 Å². The Balaban J connectivity index is 2.34. The van der Waals surface area contributed by atoms with Crippen molar-refractivity contribution in [1.29, 1.82) is 0 Å². The second-order valence-electron chi connectivity index (χ2n) is 6.96. The summed E-state index contributed by atoms with van der Waals surface area (Å²) >= 11 is 0. The average Bonchev–Trinajstić information content (AvgIpc) is 2.53. The van der Waals surface area contributed by atoms with E-state index < -0.39 is 11.7 Å². The van der Waals surface area contributed by atoms with Crippen LogP contribution in [0.3, 0.4) is 0 Å². The molecule has 0 aliphatic heterocycles. The van der Waals surface area contributed by atoms with Crippen LogP contribution in [0.1, 0.15) is 53.4 Å². The topological polar surface area (TPSA) is 96.5 Å². The Hall–Kier alpha value is -2.57. The Bertz CT molecular complexity index is 606. The standard InChI is InChI=1S/C19H29N3O4/c1-5-6-7-16(23)21-14-8-10-15(11-9-14)22-17(24)12-13-20-18(25)26-19(2,3)4/h8-11H,5-7,12-13H2,1-4H3,(H,20,25)(H,21,23)(H,22,24). The average molecular weight is 363 g/mol. The van der Waals surface area contributed by atoms with E-state index in [2.05, 4.69) is 16.0 Å². The summed E-state index contributed by atoms with van der Waals surface area (Å²) < 4.78 is 5.09. The molecule has 0 radical (unpaired) electrons. The molecule has 1 aromatic rings. The summed E-state index contributed by atoms with van der Waals surface area (Å²) in [6.07, 6.45) is 1.92. The highest BCUT2D eigenvalue weighted by atomic mass is 16.6. The number of amides is 3. The van der Waals surface area contributed by atoms with E-state index in [0.29, 0.717) is 17.8 Å². The van der Waals surface area contributed by atoms with Gasteiger partial charge in [0.05, 0.1) is 0 Å². The highest BCUT2D eigenvalue weighted by Gasteiger charge is 2.15. The van der Waals surface area contributed by atoms with Gasteiger partial charge in [0, 0.05) is 30.8 Å². The normalized spacial score (nSPS) is 10.8. The van der Waals surface area contributed by atoms with Crippen LogP contribution in [0.15, 0.2) is 24.3 Å². The summed E-state index contributed by atoms with van der Waals surface area (Å²) in [5.41, 5.74) is 0.745. The van der Waals surface area contributed by atoms with Crippen LogP contribution < -0.4 is 16.0 Å².